The molecule has 176 valence electrons. The summed E-state index contributed by atoms with van der Waals surface area (Å²) < 4.78 is 27.5. The number of allylic oxidation sites excluding steroid dienone is 3. The molecule has 0 radical (unpaired) electrons. The van der Waals surface area contributed by atoms with Gasteiger partial charge in [0.15, 0.2) is 5.65 Å². The van der Waals surface area contributed by atoms with Gasteiger partial charge in [-0.1, -0.05) is 48.6 Å². The van der Waals surface area contributed by atoms with Crippen LogP contribution in [-0.4, -0.2) is 46.7 Å². The lowest BCUT2D eigenvalue weighted by Gasteiger charge is -2.17. The molecule has 1 aliphatic carbocycles. The van der Waals surface area contributed by atoms with E-state index < -0.39 is 10.0 Å². The fraction of sp³-hybridized carbons (Fsp3) is 0.333. The van der Waals surface area contributed by atoms with Gasteiger partial charge >= 0.3 is 0 Å². The normalized spacial score (nSPS) is 19.0. The monoisotopic (exact) mass is 474 g/mol. The van der Waals surface area contributed by atoms with Crippen LogP contribution in [0.5, 0.6) is 0 Å². The van der Waals surface area contributed by atoms with Crippen molar-refractivity contribution in [2.75, 3.05) is 19.3 Å². The molecule has 1 aliphatic heterocycles. The summed E-state index contributed by atoms with van der Waals surface area (Å²) in [5.74, 6) is 0.0537. The first-order chi connectivity index (χ1) is 16.3. The average Bonchev–Trinajstić information content (AvgIpc) is 3.29. The highest BCUT2D eigenvalue weighted by atomic mass is 32.2. The van der Waals surface area contributed by atoms with E-state index in [0.717, 1.165) is 53.0 Å². The molecule has 6 nitrogen and oxygen atoms in total. The van der Waals surface area contributed by atoms with E-state index >= 15 is 0 Å². The molecule has 0 N–H and O–H groups in total. The third-order valence-electron chi connectivity index (χ3n) is 6.93. The lowest BCUT2D eigenvalue weighted by molar-refractivity contribution is 0.477. The number of benzene rings is 1. The maximum atomic E-state index is 12.1. The standard InChI is InChI=1S/C27H30N4O2S/c1-5-25-19(3)26(23-12-13-30(17-23)34(4,32)33)29-27-24(16-28-31(25)27)18(2)14-21-8-6-7-9-22(21)15-20-10-11-20/h5-10,14,16,23H,1,11-13,15,17H2,2-4H3. The molecule has 1 atom stereocenters. The van der Waals surface area contributed by atoms with Crippen molar-refractivity contribution in [3.63, 3.8) is 0 Å². The largest absolute Gasteiger partial charge is 0.232 e. The van der Waals surface area contributed by atoms with Crippen molar-refractivity contribution >= 4 is 33.4 Å². The van der Waals surface area contributed by atoms with Crippen molar-refractivity contribution in [3.8, 4) is 0 Å². The first kappa shape index (κ1) is 22.7. The van der Waals surface area contributed by atoms with Gasteiger partial charge in [0.2, 0.25) is 10.0 Å². The summed E-state index contributed by atoms with van der Waals surface area (Å²) in [6.45, 7) is 9.12. The molecule has 3 heterocycles. The number of hydrogen-bond acceptors (Lipinski definition) is 4. The van der Waals surface area contributed by atoms with Crippen molar-refractivity contribution in [2.24, 2.45) is 0 Å². The Labute approximate surface area is 201 Å². The van der Waals surface area contributed by atoms with Crippen LogP contribution >= 0.6 is 0 Å². The Morgan fingerprint density at radius 3 is 2.74 bits per heavy atom. The maximum absolute atomic E-state index is 12.1. The van der Waals surface area contributed by atoms with Gasteiger partial charge in [0, 0.05) is 24.6 Å². The molecule has 5 rings (SSSR count). The highest BCUT2D eigenvalue weighted by molar-refractivity contribution is 7.88. The van der Waals surface area contributed by atoms with Crippen LogP contribution < -0.4 is 0 Å². The zero-order chi connectivity index (χ0) is 24.0. The van der Waals surface area contributed by atoms with Crippen LogP contribution in [0.4, 0.5) is 0 Å². The number of aromatic nitrogens is 3. The first-order valence-electron chi connectivity index (χ1n) is 11.7. The van der Waals surface area contributed by atoms with Crippen LogP contribution in [-0.2, 0) is 16.4 Å². The van der Waals surface area contributed by atoms with Crippen LogP contribution in [0.15, 0.2) is 48.7 Å². The Kier molecular flexibility index (Phi) is 5.78. The van der Waals surface area contributed by atoms with E-state index in [1.54, 1.807) is 4.31 Å². The van der Waals surface area contributed by atoms with Gasteiger partial charge in [0.1, 0.15) is 0 Å². The van der Waals surface area contributed by atoms with E-state index in [0.29, 0.717) is 13.1 Å². The summed E-state index contributed by atoms with van der Waals surface area (Å²) in [5.41, 5.74) is 9.71. The fourth-order valence-corrected chi connectivity index (χ4v) is 5.78. The van der Waals surface area contributed by atoms with E-state index in [1.165, 1.54) is 23.0 Å². The van der Waals surface area contributed by atoms with E-state index in [2.05, 4.69) is 55.0 Å². The lowest BCUT2D eigenvalue weighted by Crippen LogP contribution is -2.27. The van der Waals surface area contributed by atoms with Crippen LogP contribution in [0.1, 0.15) is 59.3 Å². The predicted octanol–water partition coefficient (Wildman–Crippen LogP) is 4.86. The summed E-state index contributed by atoms with van der Waals surface area (Å²) in [5, 5.41) is 4.64. The molecule has 0 amide bonds. The zero-order valence-electron chi connectivity index (χ0n) is 20.0. The number of nitrogens with zero attached hydrogens (tertiary/aromatic N) is 4. The molecule has 3 aromatic rings. The second-order valence-corrected chi connectivity index (χ2v) is 11.4. The van der Waals surface area contributed by atoms with E-state index in [1.807, 2.05) is 23.7 Å². The molecule has 1 fully saturated rings. The van der Waals surface area contributed by atoms with Crippen molar-refractivity contribution in [3.05, 3.63) is 82.3 Å². The minimum absolute atomic E-state index is 0.0537. The average molecular weight is 475 g/mol. The fourth-order valence-electron chi connectivity index (χ4n) is 4.89. The van der Waals surface area contributed by atoms with Gasteiger partial charge < -0.3 is 0 Å². The summed E-state index contributed by atoms with van der Waals surface area (Å²) in [4.78, 5) is 5.07. The van der Waals surface area contributed by atoms with Gasteiger partial charge in [0.25, 0.3) is 0 Å². The molecule has 0 bridgehead atoms. The van der Waals surface area contributed by atoms with Crippen LogP contribution in [0.3, 0.4) is 0 Å². The first-order valence-corrected chi connectivity index (χ1v) is 13.5. The van der Waals surface area contributed by atoms with Gasteiger partial charge in [-0.2, -0.15) is 5.10 Å². The third kappa shape index (κ3) is 4.26. The highest BCUT2D eigenvalue weighted by Crippen LogP contribution is 2.33. The Morgan fingerprint density at radius 2 is 2.06 bits per heavy atom. The van der Waals surface area contributed by atoms with E-state index in [-0.39, 0.29) is 5.92 Å². The molecule has 2 aliphatic rings. The van der Waals surface area contributed by atoms with E-state index in [9.17, 15) is 8.42 Å². The summed E-state index contributed by atoms with van der Waals surface area (Å²) in [6.07, 6.45) is 12.3. The van der Waals surface area contributed by atoms with Crippen molar-refractivity contribution < 1.29 is 8.42 Å². The molecule has 1 unspecified atom stereocenters. The van der Waals surface area contributed by atoms with Gasteiger partial charge in [-0.3, -0.25) is 0 Å². The summed E-state index contributed by atoms with van der Waals surface area (Å²) >= 11 is 0. The number of hydrogen-bond donors (Lipinski definition) is 0. The molecule has 7 heteroatoms. The Bertz CT molecular complexity index is 1460. The van der Waals surface area contributed by atoms with Gasteiger partial charge in [-0.15, -0.1) is 0 Å². The van der Waals surface area contributed by atoms with Crippen LogP contribution in [0.2, 0.25) is 0 Å². The van der Waals surface area contributed by atoms with Crippen molar-refractivity contribution in [1.82, 2.24) is 18.9 Å². The predicted molar refractivity (Wildman–Crippen MR) is 138 cm³/mol. The van der Waals surface area contributed by atoms with Crippen LogP contribution in [0, 0.1) is 6.92 Å². The van der Waals surface area contributed by atoms with Gasteiger partial charge in [0.05, 0.1) is 23.8 Å². The number of sulfonamides is 1. The summed E-state index contributed by atoms with van der Waals surface area (Å²) in [6, 6.07) is 8.51. The number of fused-ring (bicyclic) bond motifs is 1. The SMILES string of the molecule is C=Cc1c(C)c(C2CCN(S(C)(=O)=O)C2)nc2c(C(C)=Cc3ccccc3CC3=CC3)cnn12. The molecular weight excluding hydrogens is 444 g/mol. The molecule has 0 saturated carbocycles. The molecule has 1 aromatic carbocycles. The lowest BCUT2D eigenvalue weighted by atomic mass is 9.98. The summed E-state index contributed by atoms with van der Waals surface area (Å²) in [7, 11) is -3.21. The molecule has 2 aromatic heterocycles. The minimum Gasteiger partial charge on any atom is -0.232 e. The topological polar surface area (TPSA) is 67.6 Å². The minimum atomic E-state index is -3.21. The molecular formula is C27H30N4O2S. The van der Waals surface area contributed by atoms with Crippen LogP contribution in [0.25, 0.3) is 23.4 Å². The number of rotatable bonds is 7. The Hall–Kier alpha value is -3.03. The molecule has 34 heavy (non-hydrogen) atoms. The molecule has 1 saturated heterocycles. The third-order valence-corrected chi connectivity index (χ3v) is 8.20. The Morgan fingerprint density at radius 1 is 1.29 bits per heavy atom. The van der Waals surface area contributed by atoms with E-state index in [4.69, 9.17) is 4.98 Å². The smallest absolute Gasteiger partial charge is 0.211 e. The van der Waals surface area contributed by atoms with Gasteiger partial charge in [-0.25, -0.2) is 22.2 Å². The van der Waals surface area contributed by atoms with Crippen molar-refractivity contribution in [2.45, 2.75) is 39.0 Å². The second-order valence-electron chi connectivity index (χ2n) is 9.38. The zero-order valence-corrected chi connectivity index (χ0v) is 20.8. The Balaban J connectivity index is 1.57. The highest BCUT2D eigenvalue weighted by Gasteiger charge is 2.32. The molecule has 0 spiro atoms. The quantitative estimate of drug-likeness (QED) is 0.459. The van der Waals surface area contributed by atoms with Gasteiger partial charge in [-0.05, 0) is 61.4 Å². The second kappa shape index (κ2) is 8.64. The van der Waals surface area contributed by atoms with Crippen molar-refractivity contribution in [1.29, 1.82) is 0 Å². The maximum Gasteiger partial charge on any atom is 0.211 e.